The summed E-state index contributed by atoms with van der Waals surface area (Å²) in [7, 11) is 0. The molecule has 3 rings (SSSR count). The van der Waals surface area contributed by atoms with Crippen LogP contribution >= 0.6 is 0 Å². The van der Waals surface area contributed by atoms with Crippen LogP contribution in [0.4, 0.5) is 0 Å². The van der Waals surface area contributed by atoms with Gasteiger partial charge in [-0.2, -0.15) is 0 Å². The zero-order valence-corrected chi connectivity index (χ0v) is 13.0. The fourth-order valence-electron chi connectivity index (χ4n) is 3.33. The van der Waals surface area contributed by atoms with Crippen molar-refractivity contribution in [3.8, 4) is 0 Å². The molecule has 0 spiro atoms. The highest BCUT2D eigenvalue weighted by molar-refractivity contribution is 6.07. The van der Waals surface area contributed by atoms with Crippen LogP contribution in [0.2, 0.25) is 0 Å². The second-order valence-electron chi connectivity index (χ2n) is 6.14. The van der Waals surface area contributed by atoms with E-state index in [1.165, 1.54) is 0 Å². The first-order chi connectivity index (χ1) is 10.0. The summed E-state index contributed by atoms with van der Waals surface area (Å²) in [6.07, 6.45) is -0.309. The van der Waals surface area contributed by atoms with E-state index in [0.29, 0.717) is 17.6 Å². The number of nitrogens with zero attached hydrogens (tertiary/aromatic N) is 1. The van der Waals surface area contributed by atoms with Crippen molar-refractivity contribution in [3.05, 3.63) is 47.5 Å². The zero-order valence-electron chi connectivity index (χ0n) is 13.0. The molecule has 0 unspecified atom stereocenters. The standard InChI is InChI=1S/C18H21NO2/c1-11(2)19(12(3)4)17-14-9-5-7-13-8-6-10-15(16(13)14)18(20)21-17/h5-12,17H,1-4H3/t17-/m1/s1. The number of carbonyl (C=O) groups excluding carboxylic acids is 1. The third kappa shape index (κ3) is 2.22. The maximum absolute atomic E-state index is 12.4. The lowest BCUT2D eigenvalue weighted by atomic mass is 9.95. The van der Waals surface area contributed by atoms with Crippen molar-refractivity contribution in [1.82, 2.24) is 4.90 Å². The lowest BCUT2D eigenvalue weighted by Gasteiger charge is -2.39. The Kier molecular flexibility index (Phi) is 3.46. The van der Waals surface area contributed by atoms with E-state index in [2.05, 4.69) is 38.7 Å². The van der Waals surface area contributed by atoms with E-state index in [1.54, 1.807) is 0 Å². The van der Waals surface area contributed by atoms with E-state index < -0.39 is 0 Å². The van der Waals surface area contributed by atoms with Crippen LogP contribution in [-0.2, 0) is 4.74 Å². The molecule has 3 nitrogen and oxygen atoms in total. The summed E-state index contributed by atoms with van der Waals surface area (Å²) in [5.74, 6) is -0.226. The monoisotopic (exact) mass is 283 g/mol. The number of hydrogen-bond acceptors (Lipinski definition) is 3. The minimum Gasteiger partial charge on any atom is -0.438 e. The van der Waals surface area contributed by atoms with Crippen LogP contribution in [0.25, 0.3) is 10.8 Å². The molecule has 0 aromatic heterocycles. The summed E-state index contributed by atoms with van der Waals surface area (Å²) in [4.78, 5) is 14.6. The Labute approximate surface area is 125 Å². The van der Waals surface area contributed by atoms with Gasteiger partial charge in [-0.05, 0) is 39.1 Å². The molecule has 0 N–H and O–H groups in total. The van der Waals surface area contributed by atoms with Crippen LogP contribution in [0.1, 0.15) is 49.8 Å². The lowest BCUT2D eigenvalue weighted by molar-refractivity contribution is -0.0628. The Hall–Kier alpha value is -1.87. The Balaban J connectivity index is 2.23. The predicted octanol–water partition coefficient (Wildman–Crippen LogP) is 4.13. The van der Waals surface area contributed by atoms with Crippen LogP contribution in [-0.4, -0.2) is 23.0 Å². The Morgan fingerprint density at radius 2 is 1.62 bits per heavy atom. The first kappa shape index (κ1) is 14.1. The quantitative estimate of drug-likeness (QED) is 0.793. The molecule has 0 aliphatic carbocycles. The molecule has 0 bridgehead atoms. The van der Waals surface area contributed by atoms with Crippen LogP contribution in [0.5, 0.6) is 0 Å². The minimum atomic E-state index is -0.309. The number of carbonyl (C=O) groups is 1. The van der Waals surface area contributed by atoms with Gasteiger partial charge in [0.15, 0.2) is 6.23 Å². The van der Waals surface area contributed by atoms with Crippen LogP contribution in [0.3, 0.4) is 0 Å². The first-order valence-electron chi connectivity index (χ1n) is 7.50. The van der Waals surface area contributed by atoms with Gasteiger partial charge in [-0.3, -0.25) is 4.90 Å². The number of cyclic esters (lactones) is 1. The van der Waals surface area contributed by atoms with Gasteiger partial charge in [0.05, 0.1) is 5.56 Å². The van der Waals surface area contributed by atoms with Gasteiger partial charge in [0.25, 0.3) is 0 Å². The summed E-state index contributed by atoms with van der Waals surface area (Å²) < 4.78 is 5.77. The lowest BCUT2D eigenvalue weighted by Crippen LogP contribution is -2.43. The fourth-order valence-corrected chi connectivity index (χ4v) is 3.33. The maximum atomic E-state index is 12.4. The molecule has 1 atom stereocenters. The molecule has 0 fully saturated rings. The molecule has 1 aliphatic heterocycles. The first-order valence-corrected chi connectivity index (χ1v) is 7.50. The van der Waals surface area contributed by atoms with Crippen molar-refractivity contribution in [3.63, 3.8) is 0 Å². The van der Waals surface area contributed by atoms with E-state index in [-0.39, 0.29) is 12.2 Å². The number of hydrogen-bond donors (Lipinski definition) is 0. The molecule has 2 aromatic carbocycles. The molecule has 110 valence electrons. The maximum Gasteiger partial charge on any atom is 0.340 e. The smallest absolute Gasteiger partial charge is 0.340 e. The molecular weight excluding hydrogens is 262 g/mol. The normalized spacial score (nSPS) is 17.9. The van der Waals surface area contributed by atoms with Crippen molar-refractivity contribution in [1.29, 1.82) is 0 Å². The summed E-state index contributed by atoms with van der Waals surface area (Å²) in [5, 5.41) is 2.13. The van der Waals surface area contributed by atoms with Gasteiger partial charge >= 0.3 is 5.97 Å². The minimum absolute atomic E-state index is 0.226. The number of benzene rings is 2. The van der Waals surface area contributed by atoms with Crippen molar-refractivity contribution in [2.24, 2.45) is 0 Å². The Morgan fingerprint density at radius 1 is 1.00 bits per heavy atom. The van der Waals surface area contributed by atoms with Gasteiger partial charge in [-0.1, -0.05) is 30.3 Å². The van der Waals surface area contributed by atoms with Crippen LogP contribution < -0.4 is 0 Å². The van der Waals surface area contributed by atoms with E-state index >= 15 is 0 Å². The number of rotatable bonds is 3. The molecule has 2 aromatic rings. The Bertz CT molecular complexity index is 677. The third-order valence-electron chi connectivity index (χ3n) is 4.10. The topological polar surface area (TPSA) is 29.5 Å². The SMILES string of the molecule is CC(C)N(C(C)C)[C@@H]1OC(=O)c2cccc3cccc1c23. The van der Waals surface area contributed by atoms with Gasteiger partial charge in [-0.15, -0.1) is 0 Å². The molecular formula is C18H21NO2. The molecule has 0 saturated heterocycles. The van der Waals surface area contributed by atoms with E-state index in [4.69, 9.17) is 4.74 Å². The largest absolute Gasteiger partial charge is 0.438 e. The van der Waals surface area contributed by atoms with E-state index in [9.17, 15) is 4.79 Å². The van der Waals surface area contributed by atoms with E-state index in [1.807, 2.05) is 30.3 Å². The summed E-state index contributed by atoms with van der Waals surface area (Å²) in [6, 6.07) is 12.5. The highest BCUT2D eigenvalue weighted by Gasteiger charge is 2.34. The third-order valence-corrected chi connectivity index (χ3v) is 4.10. The molecule has 0 saturated carbocycles. The second-order valence-corrected chi connectivity index (χ2v) is 6.14. The fraction of sp³-hybridized carbons (Fsp3) is 0.389. The highest BCUT2D eigenvalue weighted by Crippen LogP contribution is 2.38. The average molecular weight is 283 g/mol. The van der Waals surface area contributed by atoms with Gasteiger partial charge < -0.3 is 4.74 Å². The summed E-state index contributed by atoms with van der Waals surface area (Å²) in [5.41, 5.74) is 1.76. The number of esters is 1. The second kappa shape index (κ2) is 5.15. The van der Waals surface area contributed by atoms with Crippen molar-refractivity contribution >= 4 is 16.7 Å². The van der Waals surface area contributed by atoms with Crippen LogP contribution in [0, 0.1) is 0 Å². The molecule has 1 heterocycles. The molecule has 21 heavy (non-hydrogen) atoms. The van der Waals surface area contributed by atoms with Crippen molar-refractivity contribution in [2.75, 3.05) is 0 Å². The van der Waals surface area contributed by atoms with Crippen LogP contribution in [0.15, 0.2) is 36.4 Å². The molecule has 1 aliphatic rings. The average Bonchev–Trinajstić information content (AvgIpc) is 2.43. The van der Waals surface area contributed by atoms with Gasteiger partial charge in [0, 0.05) is 23.0 Å². The zero-order chi connectivity index (χ0) is 15.1. The highest BCUT2D eigenvalue weighted by atomic mass is 16.6. The van der Waals surface area contributed by atoms with E-state index in [0.717, 1.165) is 16.3 Å². The van der Waals surface area contributed by atoms with Crippen molar-refractivity contribution < 1.29 is 9.53 Å². The van der Waals surface area contributed by atoms with Gasteiger partial charge in [0.1, 0.15) is 0 Å². The van der Waals surface area contributed by atoms with Gasteiger partial charge in [0.2, 0.25) is 0 Å². The predicted molar refractivity (Wildman–Crippen MR) is 84.2 cm³/mol. The summed E-state index contributed by atoms with van der Waals surface area (Å²) in [6.45, 7) is 8.53. The molecule has 0 amide bonds. The molecule has 0 radical (unpaired) electrons. The van der Waals surface area contributed by atoms with Gasteiger partial charge in [-0.25, -0.2) is 4.79 Å². The Morgan fingerprint density at radius 3 is 2.24 bits per heavy atom. The summed E-state index contributed by atoms with van der Waals surface area (Å²) >= 11 is 0. The molecule has 3 heteroatoms. The number of ether oxygens (including phenoxy) is 1. The van der Waals surface area contributed by atoms with Crippen molar-refractivity contribution in [2.45, 2.75) is 46.0 Å².